The van der Waals surface area contributed by atoms with E-state index >= 15 is 0 Å². The van der Waals surface area contributed by atoms with Crippen LogP contribution in [0.15, 0.2) is 60.7 Å². The van der Waals surface area contributed by atoms with E-state index in [2.05, 4.69) is 27.5 Å². The second kappa shape index (κ2) is 6.61. The van der Waals surface area contributed by atoms with E-state index in [9.17, 15) is 0 Å². The fourth-order valence-electron chi connectivity index (χ4n) is 3.13. The zero-order chi connectivity index (χ0) is 19.1. The Hall–Kier alpha value is -3.45. The molecule has 138 valence electrons. The van der Waals surface area contributed by atoms with Gasteiger partial charge < -0.3 is 10.1 Å². The maximum atomic E-state index is 5.30. The van der Waals surface area contributed by atoms with Crippen LogP contribution < -0.4 is 10.1 Å². The van der Waals surface area contributed by atoms with Crippen molar-refractivity contribution in [3.05, 3.63) is 66.4 Å². The van der Waals surface area contributed by atoms with Gasteiger partial charge in [0.1, 0.15) is 11.6 Å². The molecule has 3 heterocycles. The van der Waals surface area contributed by atoms with Crippen molar-refractivity contribution in [2.75, 3.05) is 12.4 Å². The third kappa shape index (κ3) is 2.95. The number of nitrogens with one attached hydrogen (secondary N) is 1. The van der Waals surface area contributed by atoms with E-state index in [1.54, 1.807) is 18.4 Å². The van der Waals surface area contributed by atoms with Gasteiger partial charge in [-0.3, -0.25) is 0 Å². The molecule has 0 amide bonds. The first-order valence-electron chi connectivity index (χ1n) is 8.84. The number of para-hydroxylation sites is 1. The van der Waals surface area contributed by atoms with E-state index in [0.717, 1.165) is 49.3 Å². The number of hydrogen-bond donors (Lipinski definition) is 1. The van der Waals surface area contributed by atoms with E-state index in [-0.39, 0.29) is 0 Å². The predicted octanol–water partition coefficient (Wildman–Crippen LogP) is 5.09. The van der Waals surface area contributed by atoms with Gasteiger partial charge in [0, 0.05) is 11.5 Å². The van der Waals surface area contributed by atoms with Crippen LogP contribution in [0.25, 0.3) is 26.9 Å². The molecule has 0 aliphatic heterocycles. The Bertz CT molecular complexity index is 1310. The van der Waals surface area contributed by atoms with E-state index in [4.69, 9.17) is 9.72 Å². The zero-order valence-electron chi connectivity index (χ0n) is 15.4. The van der Waals surface area contributed by atoms with E-state index in [1.165, 1.54) is 0 Å². The molecule has 28 heavy (non-hydrogen) atoms. The number of aryl methyl sites for hydroxylation is 1. The third-order valence-corrected chi connectivity index (χ3v) is 5.40. The summed E-state index contributed by atoms with van der Waals surface area (Å²) in [6.07, 6.45) is 0. The summed E-state index contributed by atoms with van der Waals surface area (Å²) < 4.78 is 8.18. The van der Waals surface area contributed by atoms with Crippen molar-refractivity contribution >= 4 is 43.4 Å². The lowest BCUT2D eigenvalue weighted by atomic mass is 10.2. The topological polar surface area (TPSA) is 64.9 Å². The molecule has 5 aromatic rings. The van der Waals surface area contributed by atoms with Gasteiger partial charge in [0.15, 0.2) is 10.9 Å². The average Bonchev–Trinajstić information content (AvgIpc) is 3.29. The first-order chi connectivity index (χ1) is 13.7. The van der Waals surface area contributed by atoms with Crippen LogP contribution in [-0.2, 0) is 0 Å². The summed E-state index contributed by atoms with van der Waals surface area (Å²) in [5.41, 5.74) is 2.77. The minimum absolute atomic E-state index is 0.761. The first kappa shape index (κ1) is 16.7. The van der Waals surface area contributed by atoms with Crippen LogP contribution in [-0.4, -0.2) is 26.9 Å². The second-order valence-electron chi connectivity index (χ2n) is 6.42. The van der Waals surface area contributed by atoms with Gasteiger partial charge in [-0.1, -0.05) is 29.5 Å². The van der Waals surface area contributed by atoms with Gasteiger partial charge in [-0.2, -0.15) is 9.78 Å². The molecular weight excluding hydrogens is 370 g/mol. The summed E-state index contributed by atoms with van der Waals surface area (Å²) in [5, 5.41) is 9.91. The first-order valence-corrected chi connectivity index (χ1v) is 9.66. The van der Waals surface area contributed by atoms with Gasteiger partial charge in [0.2, 0.25) is 0 Å². The Morgan fingerprint density at radius 1 is 0.964 bits per heavy atom. The lowest BCUT2D eigenvalue weighted by Crippen LogP contribution is -2.04. The van der Waals surface area contributed by atoms with Gasteiger partial charge in [0.25, 0.3) is 0 Å². The highest BCUT2D eigenvalue weighted by Crippen LogP contribution is 2.31. The van der Waals surface area contributed by atoms with Crippen LogP contribution in [0.1, 0.15) is 5.69 Å². The molecule has 0 aliphatic carbocycles. The highest BCUT2D eigenvalue weighted by Gasteiger charge is 2.12. The number of benzene rings is 2. The van der Waals surface area contributed by atoms with Crippen molar-refractivity contribution < 1.29 is 4.74 Å². The summed E-state index contributed by atoms with van der Waals surface area (Å²) in [4.78, 5) is 9.42. The van der Waals surface area contributed by atoms with Gasteiger partial charge in [-0.05, 0) is 43.3 Å². The van der Waals surface area contributed by atoms with Crippen molar-refractivity contribution in [3.8, 4) is 11.6 Å². The minimum atomic E-state index is 0.761. The molecule has 0 bridgehead atoms. The number of anilines is 2. The van der Waals surface area contributed by atoms with Crippen molar-refractivity contribution in [2.45, 2.75) is 6.92 Å². The Balaban J connectivity index is 1.54. The average molecular weight is 387 g/mol. The molecule has 5 rings (SSSR count). The SMILES string of the molecule is COc1ccc2nc(Nc3cc(C)nn3-c3ccc4ccccc4n3)sc2c1. The van der Waals surface area contributed by atoms with E-state index < -0.39 is 0 Å². The number of hydrogen-bond acceptors (Lipinski definition) is 6. The highest BCUT2D eigenvalue weighted by atomic mass is 32.1. The molecule has 1 N–H and O–H groups in total. The molecule has 0 spiro atoms. The number of pyridine rings is 1. The molecule has 0 radical (unpaired) electrons. The lowest BCUT2D eigenvalue weighted by molar-refractivity contribution is 0.415. The standard InChI is InChI=1S/C21H17N5OS/c1-13-11-20(24-21-23-17-9-8-15(27-2)12-18(17)28-21)26(25-13)19-10-7-14-5-3-4-6-16(14)22-19/h3-12H,1-2H3,(H,23,24). The number of ether oxygens (including phenoxy) is 1. The summed E-state index contributed by atoms with van der Waals surface area (Å²) in [5.74, 6) is 2.41. The molecule has 0 fully saturated rings. The monoisotopic (exact) mass is 387 g/mol. The van der Waals surface area contributed by atoms with Crippen LogP contribution in [0.2, 0.25) is 0 Å². The molecule has 2 aromatic carbocycles. The smallest absolute Gasteiger partial charge is 0.189 e. The fourth-order valence-corrected chi connectivity index (χ4v) is 4.03. The molecule has 0 aliphatic rings. The Morgan fingerprint density at radius 3 is 2.75 bits per heavy atom. The Labute approximate surface area is 165 Å². The van der Waals surface area contributed by atoms with Crippen molar-refractivity contribution in [1.82, 2.24) is 19.7 Å². The van der Waals surface area contributed by atoms with E-state index in [1.807, 2.05) is 60.1 Å². The maximum absolute atomic E-state index is 5.30. The molecule has 0 atom stereocenters. The maximum Gasteiger partial charge on any atom is 0.189 e. The molecule has 0 saturated heterocycles. The van der Waals surface area contributed by atoms with Crippen LogP contribution in [0.3, 0.4) is 0 Å². The van der Waals surface area contributed by atoms with Crippen LogP contribution in [0.5, 0.6) is 5.75 Å². The van der Waals surface area contributed by atoms with Gasteiger partial charge in [-0.15, -0.1) is 0 Å². The molecule has 0 unspecified atom stereocenters. The van der Waals surface area contributed by atoms with Gasteiger partial charge in [0.05, 0.1) is 28.5 Å². The second-order valence-corrected chi connectivity index (χ2v) is 7.45. The quantitative estimate of drug-likeness (QED) is 0.465. The van der Waals surface area contributed by atoms with Crippen LogP contribution >= 0.6 is 11.3 Å². The number of methoxy groups -OCH3 is 1. The number of thiazole rings is 1. The normalized spacial score (nSPS) is 11.2. The predicted molar refractivity (Wildman–Crippen MR) is 113 cm³/mol. The Morgan fingerprint density at radius 2 is 1.86 bits per heavy atom. The number of fused-ring (bicyclic) bond motifs is 2. The number of nitrogens with zero attached hydrogens (tertiary/aromatic N) is 4. The van der Waals surface area contributed by atoms with Gasteiger partial charge in [-0.25, -0.2) is 9.97 Å². The molecule has 7 heteroatoms. The third-order valence-electron chi connectivity index (χ3n) is 4.46. The van der Waals surface area contributed by atoms with Crippen molar-refractivity contribution in [1.29, 1.82) is 0 Å². The number of rotatable bonds is 4. The molecular formula is C21H17N5OS. The molecule has 0 saturated carbocycles. The molecule has 6 nitrogen and oxygen atoms in total. The lowest BCUT2D eigenvalue weighted by Gasteiger charge is -2.08. The molecule has 3 aromatic heterocycles. The summed E-state index contributed by atoms with van der Waals surface area (Å²) >= 11 is 1.57. The minimum Gasteiger partial charge on any atom is -0.497 e. The summed E-state index contributed by atoms with van der Waals surface area (Å²) in [6.45, 7) is 1.96. The number of aromatic nitrogens is 4. The largest absolute Gasteiger partial charge is 0.497 e. The highest BCUT2D eigenvalue weighted by molar-refractivity contribution is 7.22. The van der Waals surface area contributed by atoms with Crippen molar-refractivity contribution in [3.63, 3.8) is 0 Å². The zero-order valence-corrected chi connectivity index (χ0v) is 16.2. The fraction of sp³-hybridized carbons (Fsp3) is 0.0952. The Kier molecular flexibility index (Phi) is 3.95. The van der Waals surface area contributed by atoms with Crippen molar-refractivity contribution in [2.24, 2.45) is 0 Å². The van der Waals surface area contributed by atoms with Crippen LogP contribution in [0, 0.1) is 6.92 Å². The van der Waals surface area contributed by atoms with E-state index in [0.29, 0.717) is 0 Å². The van der Waals surface area contributed by atoms with Crippen LogP contribution in [0.4, 0.5) is 10.9 Å². The summed E-state index contributed by atoms with van der Waals surface area (Å²) in [6, 6.07) is 19.9. The summed E-state index contributed by atoms with van der Waals surface area (Å²) in [7, 11) is 1.67. The van der Waals surface area contributed by atoms with Gasteiger partial charge >= 0.3 is 0 Å².